The predicted molar refractivity (Wildman–Crippen MR) is 75.8 cm³/mol. The Bertz CT molecular complexity index is 408. The van der Waals surface area contributed by atoms with Crippen molar-refractivity contribution < 1.29 is 24.2 Å². The highest BCUT2D eigenvalue weighted by Crippen LogP contribution is 2.34. The summed E-state index contributed by atoms with van der Waals surface area (Å²) in [6.45, 7) is 4.30. The van der Waals surface area contributed by atoms with Crippen LogP contribution >= 0.6 is 0 Å². The minimum Gasteiger partial charge on any atom is -0.480 e. The summed E-state index contributed by atoms with van der Waals surface area (Å²) in [5.74, 6) is -1.94. The first-order chi connectivity index (χ1) is 9.73. The smallest absolute Gasteiger partial charge is 0.326 e. The van der Waals surface area contributed by atoms with Crippen LogP contribution in [0.2, 0.25) is 0 Å². The number of nitrogens with one attached hydrogen (secondary N) is 2. The van der Waals surface area contributed by atoms with Crippen molar-refractivity contribution in [3.8, 4) is 0 Å². The van der Waals surface area contributed by atoms with Crippen LogP contribution in [0.3, 0.4) is 0 Å². The molecule has 0 saturated heterocycles. The lowest BCUT2D eigenvalue weighted by atomic mass is 9.75. The highest BCUT2D eigenvalue weighted by Gasteiger charge is 2.30. The number of aliphatic carboxylic acids is 1. The first kappa shape index (κ1) is 17.3. The van der Waals surface area contributed by atoms with E-state index in [-0.39, 0.29) is 11.5 Å². The number of carbonyl (C=O) groups is 3. The van der Waals surface area contributed by atoms with Gasteiger partial charge in [0.15, 0.2) is 0 Å². The Morgan fingerprint density at radius 3 is 2.57 bits per heavy atom. The second-order valence-electron chi connectivity index (χ2n) is 6.25. The maximum Gasteiger partial charge on any atom is 0.326 e. The van der Waals surface area contributed by atoms with Crippen molar-refractivity contribution in [2.75, 3.05) is 7.11 Å². The molecule has 21 heavy (non-hydrogen) atoms. The van der Waals surface area contributed by atoms with E-state index in [0.29, 0.717) is 0 Å². The standard InChI is InChI=1S/C14H24N2O5/c1-14(2)6-4-5-9(8-14)15-13(20)16-10(12(18)19)7-11(17)21-3/h9-10H,4-8H2,1-3H3,(H,18,19)(H2,15,16,20)/t9?,10-/m0/s1. The molecule has 2 atom stereocenters. The van der Waals surface area contributed by atoms with Crippen LogP contribution in [0.25, 0.3) is 0 Å². The third-order valence-corrected chi connectivity index (χ3v) is 3.74. The van der Waals surface area contributed by atoms with E-state index in [1.807, 2.05) is 0 Å². The second-order valence-corrected chi connectivity index (χ2v) is 6.25. The van der Waals surface area contributed by atoms with Crippen LogP contribution in [0.1, 0.15) is 46.0 Å². The second kappa shape index (κ2) is 7.28. The largest absolute Gasteiger partial charge is 0.480 e. The van der Waals surface area contributed by atoms with Crippen molar-refractivity contribution in [3.05, 3.63) is 0 Å². The van der Waals surface area contributed by atoms with E-state index in [4.69, 9.17) is 5.11 Å². The molecule has 1 saturated carbocycles. The Hall–Kier alpha value is -1.79. The Morgan fingerprint density at radius 1 is 1.38 bits per heavy atom. The molecule has 0 bridgehead atoms. The Labute approximate surface area is 124 Å². The summed E-state index contributed by atoms with van der Waals surface area (Å²) in [7, 11) is 1.17. The molecule has 0 spiro atoms. The number of carboxylic acid groups (broad SMARTS) is 1. The van der Waals surface area contributed by atoms with E-state index in [1.54, 1.807) is 0 Å². The molecular weight excluding hydrogens is 276 g/mol. The van der Waals surface area contributed by atoms with Gasteiger partial charge in [0.1, 0.15) is 6.04 Å². The van der Waals surface area contributed by atoms with Gasteiger partial charge >= 0.3 is 18.0 Å². The number of esters is 1. The van der Waals surface area contributed by atoms with Gasteiger partial charge in [-0.1, -0.05) is 20.3 Å². The molecule has 1 fully saturated rings. The van der Waals surface area contributed by atoms with Crippen LogP contribution in [0, 0.1) is 5.41 Å². The van der Waals surface area contributed by atoms with Crippen LogP contribution in [-0.2, 0) is 14.3 Å². The molecule has 1 aliphatic rings. The number of carboxylic acids is 1. The predicted octanol–water partition coefficient (Wildman–Crippen LogP) is 1.27. The maximum atomic E-state index is 11.9. The lowest BCUT2D eigenvalue weighted by Gasteiger charge is -2.35. The molecule has 7 heteroatoms. The zero-order valence-electron chi connectivity index (χ0n) is 12.8. The SMILES string of the molecule is COC(=O)C[C@H](NC(=O)NC1CCCC(C)(C)C1)C(=O)O. The van der Waals surface area contributed by atoms with E-state index in [1.165, 1.54) is 7.11 Å². The Kier molecular flexibility index (Phi) is 5.99. The first-order valence-electron chi connectivity index (χ1n) is 7.10. The van der Waals surface area contributed by atoms with E-state index >= 15 is 0 Å². The first-order valence-corrected chi connectivity index (χ1v) is 7.10. The van der Waals surface area contributed by atoms with Gasteiger partial charge in [0.2, 0.25) is 0 Å². The van der Waals surface area contributed by atoms with Gasteiger partial charge in [-0.3, -0.25) is 4.79 Å². The van der Waals surface area contributed by atoms with Gasteiger partial charge < -0.3 is 20.5 Å². The number of rotatable bonds is 5. The van der Waals surface area contributed by atoms with Crippen molar-refractivity contribution in [1.82, 2.24) is 10.6 Å². The number of carbonyl (C=O) groups excluding carboxylic acids is 2. The number of amides is 2. The topological polar surface area (TPSA) is 105 Å². The zero-order chi connectivity index (χ0) is 16.0. The molecular formula is C14H24N2O5. The summed E-state index contributed by atoms with van der Waals surface area (Å²) in [5, 5.41) is 14.1. The fraction of sp³-hybridized carbons (Fsp3) is 0.786. The van der Waals surface area contributed by atoms with E-state index in [9.17, 15) is 14.4 Å². The summed E-state index contributed by atoms with van der Waals surface area (Å²) in [4.78, 5) is 34.0. The van der Waals surface area contributed by atoms with Gasteiger partial charge in [-0.15, -0.1) is 0 Å². The van der Waals surface area contributed by atoms with Crippen LogP contribution in [0.4, 0.5) is 4.79 Å². The summed E-state index contributed by atoms with van der Waals surface area (Å²) in [5.41, 5.74) is 0.175. The quantitative estimate of drug-likeness (QED) is 0.663. The molecule has 3 N–H and O–H groups in total. The minimum absolute atomic E-state index is 0.0290. The number of hydrogen-bond acceptors (Lipinski definition) is 4. The summed E-state index contributed by atoms with van der Waals surface area (Å²) in [6, 6.07) is -1.82. The molecule has 7 nitrogen and oxygen atoms in total. The number of urea groups is 1. The van der Waals surface area contributed by atoms with Crippen LogP contribution in [0.5, 0.6) is 0 Å². The molecule has 0 radical (unpaired) electrons. The average Bonchev–Trinajstić information content (AvgIpc) is 2.36. The fourth-order valence-electron chi connectivity index (χ4n) is 2.66. The van der Waals surface area contributed by atoms with E-state index in [0.717, 1.165) is 25.7 Å². The van der Waals surface area contributed by atoms with Gasteiger partial charge in [0.25, 0.3) is 0 Å². The molecule has 1 unspecified atom stereocenters. The van der Waals surface area contributed by atoms with Gasteiger partial charge in [-0.05, 0) is 24.7 Å². The fourth-order valence-corrected chi connectivity index (χ4v) is 2.66. The molecule has 1 aliphatic carbocycles. The summed E-state index contributed by atoms with van der Waals surface area (Å²) >= 11 is 0. The van der Waals surface area contributed by atoms with Crippen LogP contribution in [0.15, 0.2) is 0 Å². The summed E-state index contributed by atoms with van der Waals surface area (Å²) < 4.78 is 4.42. The van der Waals surface area contributed by atoms with Gasteiger partial charge in [-0.2, -0.15) is 0 Å². The highest BCUT2D eigenvalue weighted by molar-refractivity contribution is 5.86. The molecule has 0 aromatic heterocycles. The van der Waals surface area contributed by atoms with Crippen LogP contribution in [-0.4, -0.2) is 42.3 Å². The third-order valence-electron chi connectivity index (χ3n) is 3.74. The zero-order valence-corrected chi connectivity index (χ0v) is 12.8. The van der Waals surface area contributed by atoms with Crippen molar-refractivity contribution >= 4 is 18.0 Å². The number of hydrogen-bond donors (Lipinski definition) is 3. The lowest BCUT2D eigenvalue weighted by Crippen LogP contribution is -2.51. The molecule has 0 aromatic rings. The maximum absolute atomic E-state index is 11.9. The Balaban J connectivity index is 2.50. The van der Waals surface area contributed by atoms with Gasteiger partial charge in [0.05, 0.1) is 13.5 Å². The average molecular weight is 300 g/mol. The Morgan fingerprint density at radius 2 is 2.05 bits per heavy atom. The van der Waals surface area contributed by atoms with E-state index in [2.05, 4.69) is 29.2 Å². The molecule has 2 amide bonds. The summed E-state index contributed by atoms with van der Waals surface area (Å²) in [6.07, 6.45) is 3.49. The van der Waals surface area contributed by atoms with Gasteiger partial charge in [0, 0.05) is 6.04 Å². The third kappa shape index (κ3) is 6.01. The molecule has 120 valence electrons. The molecule has 1 rings (SSSR count). The normalized spacial score (nSPS) is 22.0. The molecule has 0 aromatic carbocycles. The van der Waals surface area contributed by atoms with E-state index < -0.39 is 30.4 Å². The number of ether oxygens (including phenoxy) is 1. The monoisotopic (exact) mass is 300 g/mol. The van der Waals surface area contributed by atoms with Gasteiger partial charge in [-0.25, -0.2) is 9.59 Å². The molecule has 0 heterocycles. The molecule has 0 aliphatic heterocycles. The van der Waals surface area contributed by atoms with Crippen molar-refractivity contribution in [1.29, 1.82) is 0 Å². The van der Waals surface area contributed by atoms with Crippen LogP contribution < -0.4 is 10.6 Å². The van der Waals surface area contributed by atoms with Crippen molar-refractivity contribution in [2.24, 2.45) is 5.41 Å². The number of methoxy groups -OCH3 is 1. The highest BCUT2D eigenvalue weighted by atomic mass is 16.5. The van der Waals surface area contributed by atoms with Crippen molar-refractivity contribution in [3.63, 3.8) is 0 Å². The van der Waals surface area contributed by atoms with Crippen molar-refractivity contribution in [2.45, 2.75) is 58.0 Å². The lowest BCUT2D eigenvalue weighted by molar-refractivity contribution is -0.147. The minimum atomic E-state index is -1.28.